The number of aromatic carboxylic acids is 1. The Balaban J connectivity index is 2.60. The van der Waals surface area contributed by atoms with Gasteiger partial charge in [0.05, 0.1) is 5.56 Å². The van der Waals surface area contributed by atoms with Gasteiger partial charge in [0.2, 0.25) is 0 Å². The number of rotatable bonds is 3. The third-order valence-corrected chi connectivity index (χ3v) is 2.71. The van der Waals surface area contributed by atoms with Crippen molar-refractivity contribution in [3.8, 4) is 11.3 Å². The van der Waals surface area contributed by atoms with E-state index in [0.717, 1.165) is 4.47 Å². The van der Waals surface area contributed by atoms with Gasteiger partial charge in [0.1, 0.15) is 5.76 Å². The summed E-state index contributed by atoms with van der Waals surface area (Å²) in [4.78, 5) is 21.6. The summed E-state index contributed by atoms with van der Waals surface area (Å²) < 4.78 is 5.95. The van der Waals surface area contributed by atoms with Gasteiger partial charge in [-0.3, -0.25) is 4.79 Å². The molecule has 0 radical (unpaired) electrons. The van der Waals surface area contributed by atoms with Gasteiger partial charge in [0.25, 0.3) is 0 Å². The fourth-order valence-corrected chi connectivity index (χ4v) is 1.83. The zero-order chi connectivity index (χ0) is 12.4. The maximum atomic E-state index is 11.1. The van der Waals surface area contributed by atoms with Crippen molar-refractivity contribution in [2.24, 2.45) is 0 Å². The first kappa shape index (κ1) is 11.6. The number of carbonyl (C=O) groups is 2. The molecule has 0 aliphatic carbocycles. The molecule has 0 atom stereocenters. The van der Waals surface area contributed by atoms with E-state index in [9.17, 15) is 9.59 Å². The maximum absolute atomic E-state index is 11.1. The van der Waals surface area contributed by atoms with E-state index < -0.39 is 5.97 Å². The first-order chi connectivity index (χ1) is 8.11. The van der Waals surface area contributed by atoms with Gasteiger partial charge in [-0.15, -0.1) is 0 Å². The summed E-state index contributed by atoms with van der Waals surface area (Å²) in [5, 5.41) is 9.06. The highest BCUT2D eigenvalue weighted by atomic mass is 79.9. The first-order valence-electron chi connectivity index (χ1n) is 4.70. The van der Waals surface area contributed by atoms with Crippen molar-refractivity contribution in [1.82, 2.24) is 0 Å². The summed E-state index contributed by atoms with van der Waals surface area (Å²) in [6.07, 6.45) is 0.571. The number of carbonyl (C=O) groups excluding carboxylic acids is 1. The molecule has 0 saturated carbocycles. The molecule has 1 heterocycles. The van der Waals surface area contributed by atoms with Gasteiger partial charge < -0.3 is 9.52 Å². The molecule has 1 aromatic heterocycles. The van der Waals surface area contributed by atoms with Crippen LogP contribution < -0.4 is 0 Å². The van der Waals surface area contributed by atoms with E-state index in [0.29, 0.717) is 17.6 Å². The van der Waals surface area contributed by atoms with Crippen molar-refractivity contribution < 1.29 is 19.1 Å². The van der Waals surface area contributed by atoms with Crippen LogP contribution >= 0.6 is 15.9 Å². The molecule has 0 fully saturated rings. The van der Waals surface area contributed by atoms with Crippen LogP contribution in [0.5, 0.6) is 0 Å². The molecule has 0 aliphatic rings. The van der Waals surface area contributed by atoms with Gasteiger partial charge in [0, 0.05) is 10.0 Å². The van der Waals surface area contributed by atoms with Gasteiger partial charge in [-0.25, -0.2) is 4.79 Å². The molecule has 1 N–H and O–H groups in total. The van der Waals surface area contributed by atoms with Crippen molar-refractivity contribution >= 4 is 28.2 Å². The number of furan rings is 1. The molecular formula is C12H7BrO4. The topological polar surface area (TPSA) is 67.5 Å². The average molecular weight is 295 g/mol. The number of hydrogen-bond donors (Lipinski definition) is 1. The molecule has 0 spiro atoms. The lowest BCUT2D eigenvalue weighted by Gasteiger charge is -2.03. The maximum Gasteiger partial charge on any atom is 0.336 e. The highest BCUT2D eigenvalue weighted by Gasteiger charge is 2.14. The number of hydrogen-bond acceptors (Lipinski definition) is 3. The van der Waals surface area contributed by atoms with E-state index in [1.165, 1.54) is 12.1 Å². The highest BCUT2D eigenvalue weighted by Crippen LogP contribution is 2.28. The van der Waals surface area contributed by atoms with E-state index in [1.807, 2.05) is 0 Å². The van der Waals surface area contributed by atoms with Gasteiger partial charge in [-0.05, 0) is 30.3 Å². The summed E-state index contributed by atoms with van der Waals surface area (Å²) in [7, 11) is 0. The predicted molar refractivity (Wildman–Crippen MR) is 64.2 cm³/mol. The summed E-state index contributed by atoms with van der Waals surface area (Å²) in [6.45, 7) is 0. The standard InChI is InChI=1S/C12H7BrO4/c13-7-1-3-9(12(15)16)10(5-7)11-4-2-8(6-14)17-11/h1-6H,(H,15,16). The van der Waals surface area contributed by atoms with Gasteiger partial charge >= 0.3 is 5.97 Å². The van der Waals surface area contributed by atoms with Gasteiger partial charge in [-0.2, -0.15) is 0 Å². The van der Waals surface area contributed by atoms with Crippen molar-refractivity contribution in [3.05, 3.63) is 46.1 Å². The number of aldehydes is 1. The molecule has 0 amide bonds. The predicted octanol–water partition coefficient (Wildman–Crippen LogP) is 3.22. The third kappa shape index (κ3) is 2.29. The molecule has 4 nitrogen and oxygen atoms in total. The van der Waals surface area contributed by atoms with E-state index >= 15 is 0 Å². The lowest BCUT2D eigenvalue weighted by molar-refractivity contribution is 0.0697. The Labute approximate surface area is 105 Å². The molecule has 5 heteroatoms. The number of carboxylic acids is 1. The summed E-state index contributed by atoms with van der Waals surface area (Å²) in [6, 6.07) is 7.81. The van der Waals surface area contributed by atoms with E-state index in [4.69, 9.17) is 9.52 Å². The lowest BCUT2D eigenvalue weighted by Crippen LogP contribution is -1.98. The van der Waals surface area contributed by atoms with E-state index in [2.05, 4.69) is 15.9 Å². The minimum atomic E-state index is -1.04. The number of benzene rings is 1. The monoisotopic (exact) mass is 294 g/mol. The molecule has 86 valence electrons. The van der Waals surface area contributed by atoms with Crippen LogP contribution in [0.3, 0.4) is 0 Å². The second kappa shape index (κ2) is 4.55. The van der Waals surface area contributed by atoms with Crippen molar-refractivity contribution in [2.75, 3.05) is 0 Å². The summed E-state index contributed by atoms with van der Waals surface area (Å²) >= 11 is 3.26. The van der Waals surface area contributed by atoms with Crippen molar-refractivity contribution in [2.45, 2.75) is 0 Å². The molecule has 0 unspecified atom stereocenters. The Morgan fingerprint density at radius 2 is 2.06 bits per heavy atom. The van der Waals surface area contributed by atoms with Gasteiger partial charge in [-0.1, -0.05) is 15.9 Å². The Hall–Kier alpha value is -1.88. The van der Waals surface area contributed by atoms with Crippen LogP contribution in [0.2, 0.25) is 0 Å². The SMILES string of the molecule is O=Cc1ccc(-c2cc(Br)ccc2C(=O)O)o1. The van der Waals surface area contributed by atoms with Crippen LogP contribution in [0.15, 0.2) is 39.2 Å². The quantitative estimate of drug-likeness (QED) is 0.883. The molecule has 0 saturated heterocycles. The Morgan fingerprint density at radius 3 is 2.65 bits per heavy atom. The fourth-order valence-electron chi connectivity index (χ4n) is 1.47. The number of halogens is 1. The molecule has 0 aliphatic heterocycles. The molecule has 1 aromatic carbocycles. The second-order valence-corrected chi connectivity index (χ2v) is 4.23. The van der Waals surface area contributed by atoms with Gasteiger partial charge in [0.15, 0.2) is 12.0 Å². The minimum Gasteiger partial charge on any atom is -0.478 e. The molecular weight excluding hydrogens is 288 g/mol. The summed E-state index contributed by atoms with van der Waals surface area (Å²) in [5.41, 5.74) is 0.556. The average Bonchev–Trinajstić information content (AvgIpc) is 2.76. The Bertz CT molecular complexity index is 586. The largest absolute Gasteiger partial charge is 0.478 e. The van der Waals surface area contributed by atoms with Crippen molar-refractivity contribution in [1.29, 1.82) is 0 Å². The van der Waals surface area contributed by atoms with Crippen LogP contribution in [-0.2, 0) is 0 Å². The van der Waals surface area contributed by atoms with Crippen LogP contribution in [0, 0.1) is 0 Å². The first-order valence-corrected chi connectivity index (χ1v) is 5.49. The zero-order valence-electron chi connectivity index (χ0n) is 8.51. The van der Waals surface area contributed by atoms with E-state index in [1.54, 1.807) is 18.2 Å². The second-order valence-electron chi connectivity index (χ2n) is 3.31. The van der Waals surface area contributed by atoms with Crippen LogP contribution in [0.4, 0.5) is 0 Å². The normalized spacial score (nSPS) is 10.2. The smallest absolute Gasteiger partial charge is 0.336 e. The molecule has 2 aromatic rings. The molecule has 17 heavy (non-hydrogen) atoms. The number of carboxylic acid groups (broad SMARTS) is 1. The highest BCUT2D eigenvalue weighted by molar-refractivity contribution is 9.10. The minimum absolute atomic E-state index is 0.125. The van der Waals surface area contributed by atoms with Crippen LogP contribution in [-0.4, -0.2) is 17.4 Å². The third-order valence-electron chi connectivity index (χ3n) is 2.22. The Kier molecular flexibility index (Phi) is 3.10. The Morgan fingerprint density at radius 1 is 1.29 bits per heavy atom. The summed E-state index contributed by atoms with van der Waals surface area (Å²) in [5.74, 6) is -0.529. The van der Waals surface area contributed by atoms with E-state index in [-0.39, 0.29) is 11.3 Å². The molecule has 0 bridgehead atoms. The zero-order valence-corrected chi connectivity index (χ0v) is 10.1. The molecule has 2 rings (SSSR count). The van der Waals surface area contributed by atoms with Crippen LogP contribution in [0.25, 0.3) is 11.3 Å². The lowest BCUT2D eigenvalue weighted by atomic mass is 10.1. The van der Waals surface area contributed by atoms with Crippen LogP contribution in [0.1, 0.15) is 20.9 Å². The van der Waals surface area contributed by atoms with Crippen molar-refractivity contribution in [3.63, 3.8) is 0 Å². The fraction of sp³-hybridized carbons (Fsp3) is 0.